The Morgan fingerprint density at radius 3 is 2.47 bits per heavy atom. The van der Waals surface area contributed by atoms with Crippen molar-refractivity contribution in [2.24, 2.45) is 5.84 Å². The van der Waals surface area contributed by atoms with Crippen LogP contribution in [0.4, 0.5) is 0 Å². The number of hydrogen-bond acceptors (Lipinski definition) is 2. The van der Waals surface area contributed by atoms with E-state index >= 15 is 0 Å². The van der Waals surface area contributed by atoms with Crippen LogP contribution in [0.5, 0.6) is 0 Å². The minimum Gasteiger partial charge on any atom is -0.271 e. The average Bonchev–Trinajstić information content (AvgIpc) is 2.41. The summed E-state index contributed by atoms with van der Waals surface area (Å²) in [6.07, 6.45) is 0.875. The zero-order chi connectivity index (χ0) is 13.8. The molecule has 0 radical (unpaired) electrons. The molecule has 0 saturated carbocycles. The molecule has 2 rings (SSSR count). The van der Waals surface area contributed by atoms with Gasteiger partial charge in [0.25, 0.3) is 0 Å². The van der Waals surface area contributed by atoms with Crippen LogP contribution in [0.2, 0.25) is 0 Å². The second kappa shape index (κ2) is 6.33. The van der Waals surface area contributed by atoms with E-state index < -0.39 is 0 Å². The van der Waals surface area contributed by atoms with Crippen LogP contribution >= 0.6 is 15.9 Å². The molecule has 0 fully saturated rings. The van der Waals surface area contributed by atoms with Crippen molar-refractivity contribution in [1.82, 2.24) is 5.43 Å². The summed E-state index contributed by atoms with van der Waals surface area (Å²) >= 11 is 3.58. The Morgan fingerprint density at radius 2 is 1.84 bits per heavy atom. The summed E-state index contributed by atoms with van der Waals surface area (Å²) in [5.41, 5.74) is 8.03. The Balaban J connectivity index is 2.24. The summed E-state index contributed by atoms with van der Waals surface area (Å²) < 4.78 is 1.08. The van der Waals surface area contributed by atoms with Crippen LogP contribution in [-0.4, -0.2) is 0 Å². The number of hydrazine groups is 1. The van der Waals surface area contributed by atoms with Crippen LogP contribution in [0.3, 0.4) is 0 Å². The molecule has 3 heteroatoms. The second-order valence-electron chi connectivity index (χ2n) is 4.86. The van der Waals surface area contributed by atoms with E-state index in [0.717, 1.165) is 10.9 Å². The van der Waals surface area contributed by atoms with Gasteiger partial charge in [0.1, 0.15) is 0 Å². The molecule has 2 aromatic rings. The number of hydrogen-bond donors (Lipinski definition) is 2. The smallest absolute Gasteiger partial charge is 0.0511 e. The van der Waals surface area contributed by atoms with Gasteiger partial charge in [0.15, 0.2) is 0 Å². The molecule has 0 aliphatic carbocycles. The highest BCUT2D eigenvalue weighted by Crippen LogP contribution is 2.26. The van der Waals surface area contributed by atoms with Gasteiger partial charge in [-0.15, -0.1) is 0 Å². The van der Waals surface area contributed by atoms with E-state index in [0.29, 0.717) is 0 Å². The molecule has 100 valence electrons. The highest BCUT2D eigenvalue weighted by Gasteiger charge is 2.13. The minimum atomic E-state index is 0.109. The summed E-state index contributed by atoms with van der Waals surface area (Å²) in [5.74, 6) is 5.72. The van der Waals surface area contributed by atoms with Crippen LogP contribution in [0.15, 0.2) is 46.9 Å². The second-order valence-corrected chi connectivity index (χ2v) is 5.72. The molecule has 1 atom stereocenters. The third-order valence-corrected chi connectivity index (χ3v) is 4.22. The van der Waals surface area contributed by atoms with E-state index in [-0.39, 0.29) is 6.04 Å². The van der Waals surface area contributed by atoms with Gasteiger partial charge in [0.05, 0.1) is 6.04 Å². The molecule has 0 aromatic heterocycles. The Morgan fingerprint density at radius 1 is 1.11 bits per heavy atom. The summed E-state index contributed by atoms with van der Waals surface area (Å²) in [6.45, 7) is 4.27. The van der Waals surface area contributed by atoms with Crippen molar-refractivity contribution in [1.29, 1.82) is 0 Å². The monoisotopic (exact) mass is 318 g/mol. The Bertz CT molecular complexity index is 566. The van der Waals surface area contributed by atoms with Crippen LogP contribution < -0.4 is 11.3 Å². The zero-order valence-corrected chi connectivity index (χ0v) is 12.9. The molecule has 2 nitrogen and oxygen atoms in total. The van der Waals surface area contributed by atoms with Gasteiger partial charge in [-0.05, 0) is 48.6 Å². The lowest BCUT2D eigenvalue weighted by molar-refractivity contribution is 0.550. The predicted molar refractivity (Wildman–Crippen MR) is 83.8 cm³/mol. The summed E-state index contributed by atoms with van der Waals surface area (Å²) in [6, 6.07) is 14.9. The van der Waals surface area contributed by atoms with E-state index in [1.165, 1.54) is 22.3 Å². The van der Waals surface area contributed by atoms with Crippen molar-refractivity contribution in [3.63, 3.8) is 0 Å². The zero-order valence-electron chi connectivity index (χ0n) is 11.3. The van der Waals surface area contributed by atoms with Crippen LogP contribution in [0.25, 0.3) is 0 Å². The van der Waals surface area contributed by atoms with Gasteiger partial charge >= 0.3 is 0 Å². The van der Waals surface area contributed by atoms with E-state index in [4.69, 9.17) is 5.84 Å². The largest absolute Gasteiger partial charge is 0.271 e. The maximum atomic E-state index is 5.72. The van der Waals surface area contributed by atoms with Gasteiger partial charge in [-0.2, -0.15) is 0 Å². The van der Waals surface area contributed by atoms with Crippen LogP contribution in [0, 0.1) is 13.8 Å². The first-order chi connectivity index (χ1) is 9.11. The molecule has 0 heterocycles. The fourth-order valence-corrected chi connectivity index (χ4v) is 2.74. The lowest BCUT2D eigenvalue weighted by atomic mass is 9.97. The average molecular weight is 319 g/mol. The van der Waals surface area contributed by atoms with Crippen molar-refractivity contribution < 1.29 is 0 Å². The molecule has 3 N–H and O–H groups in total. The van der Waals surface area contributed by atoms with Crippen LogP contribution in [-0.2, 0) is 6.42 Å². The third kappa shape index (κ3) is 3.44. The first-order valence-corrected chi connectivity index (χ1v) is 7.18. The Hall–Kier alpha value is -1.16. The Kier molecular flexibility index (Phi) is 4.75. The molecule has 19 heavy (non-hydrogen) atoms. The SMILES string of the molecule is Cc1ccc(CC(NN)c2ccccc2Br)cc1C. The van der Waals surface area contributed by atoms with Crippen LogP contribution in [0.1, 0.15) is 28.3 Å². The van der Waals surface area contributed by atoms with Crippen molar-refractivity contribution in [2.45, 2.75) is 26.3 Å². The summed E-state index contributed by atoms with van der Waals surface area (Å²) in [7, 11) is 0. The summed E-state index contributed by atoms with van der Waals surface area (Å²) in [4.78, 5) is 0. The lowest BCUT2D eigenvalue weighted by Gasteiger charge is -2.18. The highest BCUT2D eigenvalue weighted by atomic mass is 79.9. The molecular formula is C16H19BrN2. The minimum absolute atomic E-state index is 0.109. The number of nitrogens with one attached hydrogen (secondary N) is 1. The van der Waals surface area contributed by atoms with Gasteiger partial charge in [-0.3, -0.25) is 11.3 Å². The normalized spacial score (nSPS) is 12.4. The quantitative estimate of drug-likeness (QED) is 0.664. The molecule has 0 bridgehead atoms. The number of rotatable bonds is 4. The fraction of sp³-hybridized carbons (Fsp3) is 0.250. The van der Waals surface area contributed by atoms with Crippen molar-refractivity contribution >= 4 is 15.9 Å². The predicted octanol–water partition coefficient (Wildman–Crippen LogP) is 3.81. The molecule has 0 saturated heterocycles. The van der Waals surface area contributed by atoms with E-state index in [9.17, 15) is 0 Å². The van der Waals surface area contributed by atoms with Gasteiger partial charge in [0.2, 0.25) is 0 Å². The number of halogens is 1. The van der Waals surface area contributed by atoms with E-state index in [2.05, 4.69) is 59.5 Å². The highest BCUT2D eigenvalue weighted by molar-refractivity contribution is 9.10. The third-order valence-electron chi connectivity index (χ3n) is 3.49. The van der Waals surface area contributed by atoms with Crippen molar-refractivity contribution in [3.8, 4) is 0 Å². The topological polar surface area (TPSA) is 38.0 Å². The maximum absolute atomic E-state index is 5.72. The fourth-order valence-electron chi connectivity index (χ4n) is 2.18. The van der Waals surface area contributed by atoms with Gasteiger partial charge in [-0.25, -0.2) is 0 Å². The molecule has 2 aromatic carbocycles. The lowest BCUT2D eigenvalue weighted by Crippen LogP contribution is -2.29. The molecule has 1 unspecified atom stereocenters. The molecular weight excluding hydrogens is 300 g/mol. The van der Waals surface area contributed by atoms with E-state index in [1.54, 1.807) is 0 Å². The molecule has 0 aliphatic rings. The molecule has 0 spiro atoms. The van der Waals surface area contributed by atoms with Gasteiger partial charge in [0, 0.05) is 4.47 Å². The Labute approximate surface area is 123 Å². The van der Waals surface area contributed by atoms with Crippen molar-refractivity contribution in [2.75, 3.05) is 0 Å². The van der Waals surface area contributed by atoms with Gasteiger partial charge in [-0.1, -0.05) is 52.3 Å². The number of aryl methyl sites for hydroxylation is 2. The standard InChI is InChI=1S/C16H19BrN2/c1-11-7-8-13(9-12(11)2)10-16(19-18)14-5-3-4-6-15(14)17/h3-9,16,19H,10,18H2,1-2H3. The van der Waals surface area contributed by atoms with E-state index in [1.807, 2.05) is 18.2 Å². The van der Waals surface area contributed by atoms with Crippen molar-refractivity contribution in [3.05, 3.63) is 69.2 Å². The summed E-state index contributed by atoms with van der Waals surface area (Å²) in [5, 5.41) is 0. The molecule has 0 amide bonds. The first kappa shape index (κ1) is 14.3. The number of benzene rings is 2. The van der Waals surface area contributed by atoms with Gasteiger partial charge < -0.3 is 0 Å². The maximum Gasteiger partial charge on any atom is 0.0511 e. The first-order valence-electron chi connectivity index (χ1n) is 6.38. The number of nitrogens with two attached hydrogens (primary N) is 1. The molecule has 0 aliphatic heterocycles.